The van der Waals surface area contributed by atoms with Crippen molar-refractivity contribution in [3.63, 3.8) is 0 Å². The van der Waals surface area contributed by atoms with Crippen molar-refractivity contribution < 1.29 is 13.2 Å². The minimum atomic E-state index is -3.88. The highest BCUT2D eigenvalue weighted by atomic mass is 32.2. The Morgan fingerprint density at radius 3 is 2.44 bits per heavy atom. The Morgan fingerprint density at radius 2 is 1.74 bits per heavy atom. The van der Waals surface area contributed by atoms with Crippen LogP contribution in [0.4, 0.5) is 11.4 Å². The van der Waals surface area contributed by atoms with Gasteiger partial charge < -0.3 is 9.88 Å². The van der Waals surface area contributed by atoms with Crippen molar-refractivity contribution in [1.29, 1.82) is 0 Å². The predicted octanol–water partition coefficient (Wildman–Crippen LogP) is 4.91. The molecular formula is C26H28N4O3S. The molecule has 0 aliphatic carbocycles. The van der Waals surface area contributed by atoms with Crippen LogP contribution in [0.3, 0.4) is 0 Å². The van der Waals surface area contributed by atoms with Crippen molar-refractivity contribution in [2.24, 2.45) is 0 Å². The second-order valence-electron chi connectivity index (χ2n) is 8.24. The summed E-state index contributed by atoms with van der Waals surface area (Å²) in [6.45, 7) is 6.12. The first-order valence-corrected chi connectivity index (χ1v) is 12.7. The maximum atomic E-state index is 13.0. The van der Waals surface area contributed by atoms with Gasteiger partial charge in [0, 0.05) is 25.6 Å². The van der Waals surface area contributed by atoms with Gasteiger partial charge in [0.15, 0.2) is 0 Å². The summed E-state index contributed by atoms with van der Waals surface area (Å²) >= 11 is 0. The van der Waals surface area contributed by atoms with Crippen molar-refractivity contribution >= 4 is 38.3 Å². The molecule has 2 N–H and O–H groups in total. The van der Waals surface area contributed by atoms with Gasteiger partial charge in [-0.05, 0) is 67.8 Å². The number of anilines is 2. The summed E-state index contributed by atoms with van der Waals surface area (Å²) in [5, 5.41) is 2.59. The third kappa shape index (κ3) is 5.12. The fourth-order valence-electron chi connectivity index (χ4n) is 4.02. The lowest BCUT2D eigenvalue weighted by Crippen LogP contribution is -2.17. The number of fused-ring (bicyclic) bond motifs is 1. The third-order valence-electron chi connectivity index (χ3n) is 5.63. The number of aryl methyl sites for hydroxylation is 4. The number of benzene rings is 3. The lowest BCUT2D eigenvalue weighted by molar-refractivity contribution is -0.114. The zero-order chi connectivity index (χ0) is 24.3. The maximum absolute atomic E-state index is 13.0. The predicted molar refractivity (Wildman–Crippen MR) is 136 cm³/mol. The first kappa shape index (κ1) is 23.5. The van der Waals surface area contributed by atoms with E-state index in [4.69, 9.17) is 4.98 Å². The number of amides is 1. The molecule has 4 aromatic rings. The largest absolute Gasteiger partial charge is 0.328 e. The monoisotopic (exact) mass is 476 g/mol. The third-order valence-corrected chi connectivity index (χ3v) is 7.05. The van der Waals surface area contributed by atoms with E-state index in [2.05, 4.69) is 27.6 Å². The lowest BCUT2D eigenvalue weighted by Gasteiger charge is -2.14. The summed E-state index contributed by atoms with van der Waals surface area (Å²) in [4.78, 5) is 16.3. The Morgan fingerprint density at radius 1 is 1.00 bits per heavy atom. The van der Waals surface area contributed by atoms with E-state index in [1.807, 2.05) is 30.3 Å². The molecule has 0 aliphatic rings. The van der Waals surface area contributed by atoms with E-state index in [0.717, 1.165) is 47.4 Å². The number of aromatic nitrogens is 2. The number of rotatable bonds is 8. The van der Waals surface area contributed by atoms with Crippen molar-refractivity contribution in [3.05, 3.63) is 83.7 Å². The highest BCUT2D eigenvalue weighted by molar-refractivity contribution is 7.92. The Hall–Kier alpha value is -3.65. The second-order valence-corrected chi connectivity index (χ2v) is 9.90. The number of nitrogens with zero attached hydrogens (tertiary/aromatic N) is 2. The van der Waals surface area contributed by atoms with Gasteiger partial charge in [-0.15, -0.1) is 0 Å². The Balaban J connectivity index is 1.48. The molecule has 176 valence electrons. The molecule has 0 atom stereocenters. The number of hydrogen-bond acceptors (Lipinski definition) is 4. The zero-order valence-electron chi connectivity index (χ0n) is 19.5. The molecule has 7 nitrogen and oxygen atoms in total. The molecule has 0 spiro atoms. The first-order valence-electron chi connectivity index (χ1n) is 11.2. The van der Waals surface area contributed by atoms with Crippen LogP contribution in [0.5, 0.6) is 0 Å². The first-order chi connectivity index (χ1) is 16.3. The molecule has 0 unspecified atom stereocenters. The van der Waals surface area contributed by atoms with Crippen molar-refractivity contribution in [3.8, 4) is 0 Å². The molecular weight excluding hydrogens is 448 g/mol. The van der Waals surface area contributed by atoms with Crippen LogP contribution < -0.4 is 10.0 Å². The number of sulfonamides is 1. The smallest absolute Gasteiger partial charge is 0.263 e. The molecule has 0 saturated heterocycles. The SMILES string of the molecule is CCn1c(CCc2ccc(NS(=O)(=O)c3cc(C)ccc3NC(C)=O)cc2)nc2ccccc21. The molecule has 0 fully saturated rings. The molecule has 34 heavy (non-hydrogen) atoms. The molecule has 1 amide bonds. The number of carbonyl (C=O) groups excluding carboxylic acids is 1. The summed E-state index contributed by atoms with van der Waals surface area (Å²) in [6, 6.07) is 20.4. The summed E-state index contributed by atoms with van der Waals surface area (Å²) in [7, 11) is -3.88. The Kier molecular flexibility index (Phi) is 6.70. The normalized spacial score (nSPS) is 11.5. The second kappa shape index (κ2) is 9.69. The minimum Gasteiger partial charge on any atom is -0.328 e. The van der Waals surface area contributed by atoms with Gasteiger partial charge in [-0.3, -0.25) is 9.52 Å². The van der Waals surface area contributed by atoms with Crippen LogP contribution in [0, 0.1) is 6.92 Å². The fraction of sp³-hybridized carbons (Fsp3) is 0.231. The number of hydrogen-bond donors (Lipinski definition) is 2. The quantitative estimate of drug-likeness (QED) is 0.378. The van der Waals surface area contributed by atoms with E-state index >= 15 is 0 Å². The van der Waals surface area contributed by atoms with Crippen molar-refractivity contribution in [2.45, 2.75) is 45.1 Å². The topological polar surface area (TPSA) is 93.1 Å². The number of imidazole rings is 1. The van der Waals surface area contributed by atoms with E-state index in [0.29, 0.717) is 5.69 Å². The number of carbonyl (C=O) groups is 1. The fourth-order valence-corrected chi connectivity index (χ4v) is 5.33. The highest BCUT2D eigenvalue weighted by Crippen LogP contribution is 2.26. The molecule has 0 radical (unpaired) electrons. The van der Waals surface area contributed by atoms with Crippen LogP contribution in [0.1, 0.15) is 30.8 Å². The van der Waals surface area contributed by atoms with Gasteiger partial charge in [-0.2, -0.15) is 0 Å². The van der Waals surface area contributed by atoms with Crippen LogP contribution >= 0.6 is 0 Å². The van der Waals surface area contributed by atoms with Gasteiger partial charge in [-0.1, -0.05) is 30.3 Å². The van der Waals surface area contributed by atoms with Gasteiger partial charge in [-0.25, -0.2) is 13.4 Å². The molecule has 0 bridgehead atoms. The van der Waals surface area contributed by atoms with Crippen LogP contribution in [0.2, 0.25) is 0 Å². The molecule has 1 aromatic heterocycles. The summed E-state index contributed by atoms with van der Waals surface area (Å²) < 4.78 is 30.9. The van der Waals surface area contributed by atoms with Gasteiger partial charge in [0.25, 0.3) is 10.0 Å². The average Bonchev–Trinajstić information content (AvgIpc) is 3.16. The van der Waals surface area contributed by atoms with E-state index in [1.54, 1.807) is 37.3 Å². The van der Waals surface area contributed by atoms with E-state index < -0.39 is 10.0 Å². The lowest BCUT2D eigenvalue weighted by atomic mass is 10.1. The zero-order valence-corrected chi connectivity index (χ0v) is 20.3. The van der Waals surface area contributed by atoms with Gasteiger partial charge >= 0.3 is 0 Å². The molecule has 1 heterocycles. The van der Waals surface area contributed by atoms with Crippen LogP contribution in [0.25, 0.3) is 11.0 Å². The van der Waals surface area contributed by atoms with Gasteiger partial charge in [0.05, 0.1) is 16.7 Å². The van der Waals surface area contributed by atoms with E-state index in [-0.39, 0.29) is 16.5 Å². The highest BCUT2D eigenvalue weighted by Gasteiger charge is 2.20. The van der Waals surface area contributed by atoms with Gasteiger partial charge in [0.1, 0.15) is 10.7 Å². The Labute approximate surface area is 199 Å². The van der Waals surface area contributed by atoms with E-state index in [1.165, 1.54) is 6.92 Å². The summed E-state index contributed by atoms with van der Waals surface area (Å²) in [6.07, 6.45) is 1.58. The number of para-hydroxylation sites is 2. The molecule has 0 aliphatic heterocycles. The summed E-state index contributed by atoms with van der Waals surface area (Å²) in [5.41, 5.74) is 4.72. The maximum Gasteiger partial charge on any atom is 0.263 e. The minimum absolute atomic E-state index is 0.0326. The van der Waals surface area contributed by atoms with Crippen LogP contribution in [-0.4, -0.2) is 23.9 Å². The average molecular weight is 477 g/mol. The molecule has 3 aromatic carbocycles. The Bertz CT molecular complexity index is 1440. The van der Waals surface area contributed by atoms with Crippen LogP contribution in [0.15, 0.2) is 71.6 Å². The molecule has 0 saturated carbocycles. The number of nitrogens with one attached hydrogen (secondary N) is 2. The molecule has 4 rings (SSSR count). The standard InChI is InChI=1S/C26H28N4O3S/c1-4-30-24-8-6-5-7-22(24)28-26(30)16-12-20-10-13-21(14-11-20)29-34(32,33)25-17-18(2)9-15-23(25)27-19(3)31/h5-11,13-15,17,29H,4,12,16H2,1-3H3,(H,27,31). The van der Waals surface area contributed by atoms with E-state index in [9.17, 15) is 13.2 Å². The van der Waals surface area contributed by atoms with Crippen LogP contribution in [-0.2, 0) is 34.2 Å². The summed E-state index contributed by atoms with van der Waals surface area (Å²) in [5.74, 6) is 0.708. The molecule has 8 heteroatoms. The van der Waals surface area contributed by atoms with Gasteiger partial charge in [0.2, 0.25) is 5.91 Å². The van der Waals surface area contributed by atoms with Crippen molar-refractivity contribution in [2.75, 3.05) is 10.0 Å². The van der Waals surface area contributed by atoms with Crippen molar-refractivity contribution in [1.82, 2.24) is 9.55 Å².